The minimum Gasteiger partial charge on any atom is -0.256 e. The molecular weight excluding hydrogens is 206 g/mol. The fraction of sp³-hybridized carbons (Fsp3) is 0.154. The van der Waals surface area contributed by atoms with Crippen molar-refractivity contribution in [2.24, 2.45) is 0 Å². The van der Waals surface area contributed by atoms with Gasteiger partial charge in [-0.15, -0.1) is 12.4 Å². The molecular formula is C13H14ClN. The Kier molecular flexibility index (Phi) is 4.32. The van der Waals surface area contributed by atoms with Crippen LogP contribution in [0, 0.1) is 0 Å². The monoisotopic (exact) mass is 219 g/mol. The lowest BCUT2D eigenvalue weighted by Crippen LogP contribution is -1.86. The maximum Gasteiger partial charge on any atom is 0.0704 e. The smallest absolute Gasteiger partial charge is 0.0704 e. The van der Waals surface area contributed by atoms with E-state index in [2.05, 4.69) is 36.2 Å². The fourth-order valence-electron chi connectivity index (χ4n) is 1.46. The largest absolute Gasteiger partial charge is 0.256 e. The Hall–Kier alpha value is -1.34. The minimum atomic E-state index is 0. The van der Waals surface area contributed by atoms with Gasteiger partial charge in [-0.25, -0.2) is 0 Å². The van der Waals surface area contributed by atoms with Crippen LogP contribution in [0.5, 0.6) is 0 Å². The Balaban J connectivity index is 0.00000112. The van der Waals surface area contributed by atoms with Gasteiger partial charge in [-0.1, -0.05) is 37.3 Å². The first-order valence-corrected chi connectivity index (χ1v) is 4.90. The zero-order chi connectivity index (χ0) is 9.80. The van der Waals surface area contributed by atoms with E-state index in [4.69, 9.17) is 0 Å². The summed E-state index contributed by atoms with van der Waals surface area (Å²) in [6.45, 7) is 2.16. The Labute approximate surface area is 96.6 Å². The number of rotatable bonds is 2. The van der Waals surface area contributed by atoms with Crippen molar-refractivity contribution < 1.29 is 0 Å². The summed E-state index contributed by atoms with van der Waals surface area (Å²) in [4.78, 5) is 4.36. The van der Waals surface area contributed by atoms with Gasteiger partial charge < -0.3 is 0 Å². The van der Waals surface area contributed by atoms with Crippen molar-refractivity contribution in [3.63, 3.8) is 0 Å². The van der Waals surface area contributed by atoms with Crippen molar-refractivity contribution in [3.8, 4) is 11.3 Å². The molecule has 2 rings (SSSR count). The van der Waals surface area contributed by atoms with Crippen LogP contribution in [0.1, 0.15) is 12.5 Å². The molecule has 1 heterocycles. The first-order valence-electron chi connectivity index (χ1n) is 4.90. The van der Waals surface area contributed by atoms with Gasteiger partial charge in [0, 0.05) is 11.8 Å². The second-order valence-corrected chi connectivity index (χ2v) is 3.27. The molecule has 0 N–H and O–H groups in total. The Morgan fingerprint density at radius 2 is 1.80 bits per heavy atom. The molecule has 0 aliphatic carbocycles. The van der Waals surface area contributed by atoms with E-state index in [0.29, 0.717) is 0 Å². The predicted octanol–water partition coefficient (Wildman–Crippen LogP) is 3.73. The van der Waals surface area contributed by atoms with Crippen LogP contribution >= 0.6 is 12.4 Å². The van der Waals surface area contributed by atoms with E-state index in [-0.39, 0.29) is 12.4 Å². The van der Waals surface area contributed by atoms with Crippen molar-refractivity contribution in [2.75, 3.05) is 0 Å². The molecule has 1 aromatic carbocycles. The van der Waals surface area contributed by atoms with E-state index in [1.165, 1.54) is 11.1 Å². The molecule has 0 atom stereocenters. The fourth-order valence-corrected chi connectivity index (χ4v) is 1.46. The molecule has 0 spiro atoms. The lowest BCUT2D eigenvalue weighted by atomic mass is 10.1. The number of hydrogen-bond donors (Lipinski definition) is 0. The molecule has 0 bridgehead atoms. The molecule has 1 nitrogen and oxygen atoms in total. The lowest BCUT2D eigenvalue weighted by Gasteiger charge is -2.02. The summed E-state index contributed by atoms with van der Waals surface area (Å²) in [7, 11) is 0. The van der Waals surface area contributed by atoms with Crippen molar-refractivity contribution in [1.29, 1.82) is 0 Å². The number of hydrogen-bond acceptors (Lipinski definition) is 1. The highest BCUT2D eigenvalue weighted by atomic mass is 35.5. The zero-order valence-electron chi connectivity index (χ0n) is 8.68. The second kappa shape index (κ2) is 5.52. The third-order valence-corrected chi connectivity index (χ3v) is 2.30. The highest BCUT2D eigenvalue weighted by Crippen LogP contribution is 2.17. The summed E-state index contributed by atoms with van der Waals surface area (Å²) in [5, 5.41) is 0. The molecule has 0 aliphatic rings. The van der Waals surface area contributed by atoms with Gasteiger partial charge in [0.15, 0.2) is 0 Å². The van der Waals surface area contributed by atoms with Crippen LogP contribution in [0.3, 0.4) is 0 Å². The van der Waals surface area contributed by atoms with Crippen molar-refractivity contribution in [1.82, 2.24) is 4.98 Å². The van der Waals surface area contributed by atoms with Gasteiger partial charge in [-0.2, -0.15) is 0 Å². The number of pyridine rings is 1. The summed E-state index contributed by atoms with van der Waals surface area (Å²) in [6.07, 6.45) is 2.93. The van der Waals surface area contributed by atoms with Crippen molar-refractivity contribution in [2.45, 2.75) is 13.3 Å². The first-order chi connectivity index (χ1) is 6.90. The van der Waals surface area contributed by atoms with Gasteiger partial charge in [0.05, 0.1) is 5.69 Å². The molecule has 0 unspecified atom stereocenters. The van der Waals surface area contributed by atoms with Gasteiger partial charge in [-0.3, -0.25) is 4.98 Å². The minimum absolute atomic E-state index is 0. The zero-order valence-corrected chi connectivity index (χ0v) is 9.50. The molecule has 0 amide bonds. The average Bonchev–Trinajstić information content (AvgIpc) is 2.30. The van der Waals surface area contributed by atoms with E-state index >= 15 is 0 Å². The average molecular weight is 220 g/mol. The third kappa shape index (κ3) is 2.80. The van der Waals surface area contributed by atoms with E-state index in [1.54, 1.807) is 0 Å². The number of benzene rings is 1. The van der Waals surface area contributed by atoms with Crippen LogP contribution in [-0.4, -0.2) is 4.98 Å². The number of aromatic nitrogens is 1. The highest BCUT2D eigenvalue weighted by molar-refractivity contribution is 5.85. The van der Waals surface area contributed by atoms with Gasteiger partial charge >= 0.3 is 0 Å². The second-order valence-electron chi connectivity index (χ2n) is 3.27. The Bertz CT molecular complexity index is 412. The van der Waals surface area contributed by atoms with Crippen LogP contribution in [0.4, 0.5) is 0 Å². The van der Waals surface area contributed by atoms with E-state index < -0.39 is 0 Å². The predicted molar refractivity (Wildman–Crippen MR) is 66.3 cm³/mol. The van der Waals surface area contributed by atoms with E-state index in [1.807, 2.05) is 24.4 Å². The Morgan fingerprint density at radius 3 is 2.47 bits per heavy atom. The lowest BCUT2D eigenvalue weighted by molar-refractivity contribution is 1.12. The van der Waals surface area contributed by atoms with Crippen LogP contribution in [0.2, 0.25) is 0 Å². The topological polar surface area (TPSA) is 12.9 Å². The standard InChI is InChI=1S/C13H13N.ClH/c1-2-11-8-9-14-13(10-11)12-6-4-3-5-7-12;/h3-10H,2H2,1H3;1H. The van der Waals surface area contributed by atoms with Crippen LogP contribution in [0.15, 0.2) is 48.7 Å². The van der Waals surface area contributed by atoms with Gasteiger partial charge in [0.2, 0.25) is 0 Å². The maximum atomic E-state index is 4.36. The van der Waals surface area contributed by atoms with E-state index in [0.717, 1.165) is 12.1 Å². The van der Waals surface area contributed by atoms with Crippen LogP contribution in [-0.2, 0) is 6.42 Å². The summed E-state index contributed by atoms with van der Waals surface area (Å²) in [5.74, 6) is 0. The van der Waals surface area contributed by atoms with E-state index in [9.17, 15) is 0 Å². The number of halogens is 1. The molecule has 1 aromatic heterocycles. The van der Waals surface area contributed by atoms with Gasteiger partial charge in [0.1, 0.15) is 0 Å². The molecule has 15 heavy (non-hydrogen) atoms. The molecule has 0 radical (unpaired) electrons. The van der Waals surface area contributed by atoms with Crippen LogP contribution < -0.4 is 0 Å². The summed E-state index contributed by atoms with van der Waals surface area (Å²) in [6, 6.07) is 14.5. The van der Waals surface area contributed by atoms with Gasteiger partial charge in [-0.05, 0) is 24.1 Å². The molecule has 0 saturated carbocycles. The molecule has 0 saturated heterocycles. The summed E-state index contributed by atoms with van der Waals surface area (Å²) >= 11 is 0. The summed E-state index contributed by atoms with van der Waals surface area (Å²) in [5.41, 5.74) is 3.58. The van der Waals surface area contributed by atoms with Crippen molar-refractivity contribution in [3.05, 3.63) is 54.2 Å². The number of aryl methyl sites for hydroxylation is 1. The molecule has 0 aliphatic heterocycles. The number of nitrogens with zero attached hydrogens (tertiary/aromatic N) is 1. The van der Waals surface area contributed by atoms with Crippen LogP contribution in [0.25, 0.3) is 11.3 Å². The Morgan fingerprint density at radius 1 is 1.07 bits per heavy atom. The molecule has 0 fully saturated rings. The molecule has 78 valence electrons. The third-order valence-electron chi connectivity index (χ3n) is 2.30. The molecule has 2 heteroatoms. The quantitative estimate of drug-likeness (QED) is 0.750. The van der Waals surface area contributed by atoms with Gasteiger partial charge in [0.25, 0.3) is 0 Å². The van der Waals surface area contributed by atoms with Crippen molar-refractivity contribution >= 4 is 12.4 Å². The highest BCUT2D eigenvalue weighted by Gasteiger charge is 1.97. The first kappa shape index (κ1) is 11.7. The summed E-state index contributed by atoms with van der Waals surface area (Å²) < 4.78 is 0. The molecule has 2 aromatic rings. The SMILES string of the molecule is CCc1ccnc(-c2ccccc2)c1.Cl. The normalized spacial score (nSPS) is 9.40. The maximum absolute atomic E-state index is 4.36.